The lowest BCUT2D eigenvalue weighted by Crippen LogP contribution is -2.18. The van der Waals surface area contributed by atoms with E-state index in [1.165, 1.54) is 6.07 Å². The van der Waals surface area contributed by atoms with E-state index in [0.717, 1.165) is 0 Å². The molecule has 0 amide bonds. The van der Waals surface area contributed by atoms with Crippen molar-refractivity contribution in [2.24, 2.45) is 5.73 Å². The van der Waals surface area contributed by atoms with Crippen LogP contribution in [0.15, 0.2) is 22.7 Å². The number of halogens is 2. The van der Waals surface area contributed by atoms with Gasteiger partial charge in [0, 0.05) is 10.4 Å². The van der Waals surface area contributed by atoms with Crippen LogP contribution in [0.1, 0.15) is 24.8 Å². The van der Waals surface area contributed by atoms with Gasteiger partial charge in [0.25, 0.3) is 0 Å². The summed E-state index contributed by atoms with van der Waals surface area (Å²) in [6.45, 7) is 2.02. The second-order valence-electron chi connectivity index (χ2n) is 3.68. The lowest BCUT2D eigenvalue weighted by Gasteiger charge is -2.17. The van der Waals surface area contributed by atoms with Gasteiger partial charge in [-0.3, -0.25) is 0 Å². The van der Waals surface area contributed by atoms with Gasteiger partial charge in [0.1, 0.15) is 5.82 Å². The third-order valence-corrected chi connectivity index (χ3v) is 2.81. The highest BCUT2D eigenvalue weighted by molar-refractivity contribution is 9.10. The van der Waals surface area contributed by atoms with Crippen molar-refractivity contribution < 1.29 is 9.50 Å². The first-order valence-corrected chi connectivity index (χ1v) is 5.67. The maximum atomic E-state index is 13.6. The zero-order chi connectivity index (χ0) is 11.4. The second kappa shape index (κ2) is 5.58. The van der Waals surface area contributed by atoms with Gasteiger partial charge in [0.15, 0.2) is 0 Å². The monoisotopic (exact) mass is 275 g/mol. The molecule has 0 bridgehead atoms. The maximum absolute atomic E-state index is 13.6. The van der Waals surface area contributed by atoms with Gasteiger partial charge in [-0.1, -0.05) is 22.0 Å². The van der Waals surface area contributed by atoms with Crippen LogP contribution >= 0.6 is 15.9 Å². The van der Waals surface area contributed by atoms with Crippen LogP contribution in [-0.4, -0.2) is 17.8 Å². The Kier molecular flexibility index (Phi) is 4.70. The van der Waals surface area contributed by atoms with Crippen molar-refractivity contribution in [1.82, 2.24) is 0 Å². The molecule has 0 aliphatic heterocycles. The molecule has 3 N–H and O–H groups in total. The first-order chi connectivity index (χ1) is 7.04. The predicted molar refractivity (Wildman–Crippen MR) is 62.2 cm³/mol. The number of aliphatic hydroxyl groups excluding tert-OH is 1. The summed E-state index contributed by atoms with van der Waals surface area (Å²) in [5, 5.41) is 9.27. The summed E-state index contributed by atoms with van der Waals surface area (Å²) in [7, 11) is 0. The minimum atomic E-state index is -0.471. The number of hydrogen-bond donors (Lipinski definition) is 2. The van der Waals surface area contributed by atoms with Crippen molar-refractivity contribution in [3.63, 3.8) is 0 Å². The fraction of sp³-hybridized carbons (Fsp3) is 0.455. The first-order valence-electron chi connectivity index (χ1n) is 4.87. The normalized spacial score (nSPS) is 15.0. The molecule has 0 saturated heterocycles. The van der Waals surface area contributed by atoms with Gasteiger partial charge in [-0.2, -0.15) is 0 Å². The van der Waals surface area contributed by atoms with Crippen LogP contribution in [0.4, 0.5) is 4.39 Å². The highest BCUT2D eigenvalue weighted by Gasteiger charge is 2.16. The van der Waals surface area contributed by atoms with E-state index >= 15 is 0 Å². The molecular formula is C11H15BrFNO. The molecule has 0 heterocycles. The molecule has 1 aromatic rings. The molecule has 0 spiro atoms. The Hall–Kier alpha value is -0.450. The van der Waals surface area contributed by atoms with Crippen molar-refractivity contribution in [3.05, 3.63) is 34.1 Å². The Morgan fingerprint density at radius 1 is 1.53 bits per heavy atom. The fourth-order valence-corrected chi connectivity index (χ4v) is 1.93. The number of rotatable bonds is 4. The number of benzene rings is 1. The molecule has 15 heavy (non-hydrogen) atoms. The number of hydrogen-bond acceptors (Lipinski definition) is 2. The quantitative estimate of drug-likeness (QED) is 0.887. The standard InChI is InChI=1S/C11H15BrFNO/c1-7(15)4-8(6-14)10-3-2-9(12)5-11(10)13/h2-3,5,7-8,15H,4,6,14H2,1H3. The van der Waals surface area contributed by atoms with Crippen LogP contribution < -0.4 is 5.73 Å². The van der Waals surface area contributed by atoms with Crippen LogP contribution in [0.25, 0.3) is 0 Å². The van der Waals surface area contributed by atoms with Crippen molar-refractivity contribution in [3.8, 4) is 0 Å². The molecule has 0 aliphatic carbocycles. The molecule has 0 radical (unpaired) electrons. The molecule has 2 nitrogen and oxygen atoms in total. The van der Waals surface area contributed by atoms with Gasteiger partial charge < -0.3 is 10.8 Å². The summed E-state index contributed by atoms with van der Waals surface area (Å²) in [5.41, 5.74) is 6.14. The van der Waals surface area contributed by atoms with Gasteiger partial charge in [-0.05, 0) is 37.6 Å². The van der Waals surface area contributed by atoms with E-state index in [4.69, 9.17) is 5.73 Å². The largest absolute Gasteiger partial charge is 0.393 e. The first kappa shape index (κ1) is 12.6. The van der Waals surface area contributed by atoms with E-state index < -0.39 is 6.10 Å². The number of nitrogens with two attached hydrogens (primary N) is 1. The molecule has 2 atom stereocenters. The van der Waals surface area contributed by atoms with Crippen LogP contribution in [-0.2, 0) is 0 Å². The van der Waals surface area contributed by atoms with Gasteiger partial charge in [-0.15, -0.1) is 0 Å². The van der Waals surface area contributed by atoms with E-state index in [1.54, 1.807) is 19.1 Å². The Labute approximate surface area is 97.4 Å². The minimum absolute atomic E-state index is 0.127. The zero-order valence-electron chi connectivity index (χ0n) is 8.58. The molecule has 1 rings (SSSR count). The van der Waals surface area contributed by atoms with Crippen LogP contribution in [0.5, 0.6) is 0 Å². The smallest absolute Gasteiger partial charge is 0.127 e. The SMILES string of the molecule is CC(O)CC(CN)c1ccc(Br)cc1F. The summed E-state index contributed by atoms with van der Waals surface area (Å²) in [5.74, 6) is -0.404. The van der Waals surface area contributed by atoms with Crippen LogP contribution in [0.3, 0.4) is 0 Å². The zero-order valence-corrected chi connectivity index (χ0v) is 10.2. The van der Waals surface area contributed by atoms with E-state index in [2.05, 4.69) is 15.9 Å². The lowest BCUT2D eigenvalue weighted by atomic mass is 9.93. The van der Waals surface area contributed by atoms with Crippen LogP contribution in [0.2, 0.25) is 0 Å². The molecule has 4 heteroatoms. The van der Waals surface area contributed by atoms with E-state index in [-0.39, 0.29) is 11.7 Å². The van der Waals surface area contributed by atoms with Gasteiger partial charge in [0.05, 0.1) is 6.10 Å². The minimum Gasteiger partial charge on any atom is -0.393 e. The van der Waals surface area contributed by atoms with E-state index in [9.17, 15) is 9.50 Å². The molecule has 0 aliphatic rings. The number of aliphatic hydroxyl groups is 1. The Morgan fingerprint density at radius 2 is 2.20 bits per heavy atom. The highest BCUT2D eigenvalue weighted by atomic mass is 79.9. The van der Waals surface area contributed by atoms with E-state index in [1.807, 2.05) is 0 Å². The summed E-state index contributed by atoms with van der Waals surface area (Å²) >= 11 is 3.20. The molecule has 1 aromatic carbocycles. The van der Waals surface area contributed by atoms with E-state index in [0.29, 0.717) is 23.0 Å². The maximum Gasteiger partial charge on any atom is 0.127 e. The van der Waals surface area contributed by atoms with Crippen molar-refractivity contribution >= 4 is 15.9 Å². The van der Waals surface area contributed by atoms with Gasteiger partial charge >= 0.3 is 0 Å². The predicted octanol–water partition coefficient (Wildman–Crippen LogP) is 2.40. The topological polar surface area (TPSA) is 46.2 Å². The van der Waals surface area contributed by atoms with Crippen molar-refractivity contribution in [2.45, 2.75) is 25.4 Å². The van der Waals surface area contributed by atoms with Crippen molar-refractivity contribution in [2.75, 3.05) is 6.54 Å². The molecule has 0 saturated carbocycles. The third kappa shape index (κ3) is 3.55. The van der Waals surface area contributed by atoms with Gasteiger partial charge in [-0.25, -0.2) is 4.39 Å². The van der Waals surface area contributed by atoms with Gasteiger partial charge in [0.2, 0.25) is 0 Å². The third-order valence-electron chi connectivity index (χ3n) is 2.31. The Bertz CT molecular complexity index is 330. The summed E-state index contributed by atoms with van der Waals surface area (Å²) in [6.07, 6.45) is 0.0105. The molecule has 0 fully saturated rings. The molecule has 2 unspecified atom stereocenters. The van der Waals surface area contributed by atoms with Crippen molar-refractivity contribution in [1.29, 1.82) is 0 Å². The Balaban J connectivity index is 2.91. The summed E-state index contributed by atoms with van der Waals surface area (Å²) < 4.78 is 14.3. The summed E-state index contributed by atoms with van der Waals surface area (Å²) in [6, 6.07) is 4.91. The second-order valence-corrected chi connectivity index (χ2v) is 4.60. The average Bonchev–Trinajstić information content (AvgIpc) is 2.14. The lowest BCUT2D eigenvalue weighted by molar-refractivity contribution is 0.174. The Morgan fingerprint density at radius 3 is 2.67 bits per heavy atom. The van der Waals surface area contributed by atoms with Crippen LogP contribution in [0, 0.1) is 5.82 Å². The summed E-state index contributed by atoms with van der Waals surface area (Å²) in [4.78, 5) is 0. The average molecular weight is 276 g/mol. The highest BCUT2D eigenvalue weighted by Crippen LogP contribution is 2.25. The molecular weight excluding hydrogens is 261 g/mol. The molecule has 0 aromatic heterocycles. The fourth-order valence-electron chi connectivity index (χ4n) is 1.59. The molecule has 84 valence electrons.